The van der Waals surface area contributed by atoms with Crippen molar-refractivity contribution in [2.75, 3.05) is 12.4 Å². The Balaban J connectivity index is 2.17. The van der Waals surface area contributed by atoms with E-state index < -0.39 is 10.7 Å². The first-order valence-corrected chi connectivity index (χ1v) is 5.88. The highest BCUT2D eigenvalue weighted by molar-refractivity contribution is 7.80. The molecule has 0 saturated heterocycles. The van der Waals surface area contributed by atoms with Crippen LogP contribution in [0, 0.1) is 21.3 Å². The van der Waals surface area contributed by atoms with Gasteiger partial charge in [0, 0.05) is 11.5 Å². The number of thiol groups is 1. The molecule has 0 unspecified atom stereocenters. The van der Waals surface area contributed by atoms with E-state index in [9.17, 15) is 14.5 Å². The average molecular weight is 257 g/mol. The predicted octanol–water partition coefficient (Wildman–Crippen LogP) is 2.82. The molecule has 6 heteroatoms. The number of para-hydroxylation sites is 1. The highest BCUT2D eigenvalue weighted by Crippen LogP contribution is 2.47. The first-order chi connectivity index (χ1) is 8.08. The first kappa shape index (κ1) is 12.2. The monoisotopic (exact) mass is 257 g/mol. The minimum absolute atomic E-state index is 0.0285. The molecule has 0 aliphatic heterocycles. The van der Waals surface area contributed by atoms with Gasteiger partial charge >= 0.3 is 5.69 Å². The molecule has 1 fully saturated rings. The number of nitrogens with zero attached hydrogens (tertiary/aromatic N) is 1. The maximum Gasteiger partial charge on any atom is 0.314 e. The summed E-state index contributed by atoms with van der Waals surface area (Å²) in [4.78, 5) is 10.1. The Bertz CT molecular complexity index is 448. The van der Waals surface area contributed by atoms with E-state index in [4.69, 9.17) is 4.74 Å². The summed E-state index contributed by atoms with van der Waals surface area (Å²) in [6.07, 6.45) is 1.94. The van der Waals surface area contributed by atoms with Gasteiger partial charge in [0.15, 0.2) is 5.82 Å². The van der Waals surface area contributed by atoms with Gasteiger partial charge in [-0.25, -0.2) is 4.39 Å². The molecule has 1 aromatic carbocycles. The van der Waals surface area contributed by atoms with Gasteiger partial charge in [-0.2, -0.15) is 12.6 Å². The molecule has 0 N–H and O–H groups in total. The van der Waals surface area contributed by atoms with Crippen LogP contribution < -0.4 is 4.74 Å². The zero-order valence-electron chi connectivity index (χ0n) is 9.06. The standard InChI is InChI=1S/C11H12FNO3S/c12-8-2-1-3-9(13(14)15)10(8)16-6-11(7-17)4-5-11/h1-3,17H,4-7H2. The summed E-state index contributed by atoms with van der Waals surface area (Å²) in [5.74, 6) is -0.324. The van der Waals surface area contributed by atoms with Gasteiger partial charge in [0.2, 0.25) is 5.75 Å². The van der Waals surface area contributed by atoms with E-state index in [1.54, 1.807) is 0 Å². The van der Waals surface area contributed by atoms with Crippen molar-refractivity contribution in [2.24, 2.45) is 5.41 Å². The minimum atomic E-state index is -0.700. The van der Waals surface area contributed by atoms with Crippen LogP contribution >= 0.6 is 12.6 Å². The van der Waals surface area contributed by atoms with Crippen LogP contribution in [-0.2, 0) is 0 Å². The molecule has 1 saturated carbocycles. The molecule has 0 atom stereocenters. The molecule has 0 bridgehead atoms. The Morgan fingerprint density at radius 2 is 2.24 bits per heavy atom. The SMILES string of the molecule is O=[N+]([O-])c1cccc(F)c1OCC1(CS)CC1. The van der Waals surface area contributed by atoms with E-state index in [2.05, 4.69) is 12.6 Å². The van der Waals surface area contributed by atoms with E-state index in [0.717, 1.165) is 18.9 Å². The Labute approximate surface area is 103 Å². The molecule has 1 aliphatic carbocycles. The predicted molar refractivity (Wildman–Crippen MR) is 64.1 cm³/mol. The van der Waals surface area contributed by atoms with E-state index in [1.165, 1.54) is 12.1 Å². The van der Waals surface area contributed by atoms with Crippen LogP contribution in [-0.4, -0.2) is 17.3 Å². The number of nitro benzene ring substituents is 1. The zero-order valence-corrected chi connectivity index (χ0v) is 9.95. The highest BCUT2D eigenvalue weighted by Gasteiger charge is 2.42. The number of rotatable bonds is 5. The molecule has 4 nitrogen and oxygen atoms in total. The summed E-state index contributed by atoms with van der Waals surface area (Å²) in [7, 11) is 0. The number of hydrogen-bond acceptors (Lipinski definition) is 4. The zero-order chi connectivity index (χ0) is 12.5. The van der Waals surface area contributed by atoms with Crippen molar-refractivity contribution < 1.29 is 14.1 Å². The fourth-order valence-corrected chi connectivity index (χ4v) is 1.94. The second-order valence-electron chi connectivity index (χ2n) is 4.29. The molecule has 0 heterocycles. The summed E-state index contributed by atoms with van der Waals surface area (Å²) < 4.78 is 18.7. The Morgan fingerprint density at radius 1 is 1.53 bits per heavy atom. The lowest BCUT2D eigenvalue weighted by molar-refractivity contribution is -0.386. The molecule has 0 amide bonds. The van der Waals surface area contributed by atoms with Crippen molar-refractivity contribution in [3.63, 3.8) is 0 Å². The maximum absolute atomic E-state index is 13.5. The van der Waals surface area contributed by atoms with E-state index in [-0.39, 0.29) is 23.5 Å². The third-order valence-corrected chi connectivity index (χ3v) is 3.63. The van der Waals surface area contributed by atoms with Gasteiger partial charge in [0.1, 0.15) is 0 Å². The molecule has 2 rings (SSSR count). The third-order valence-electron chi connectivity index (χ3n) is 2.96. The fraction of sp³-hybridized carbons (Fsp3) is 0.455. The molecular formula is C11H12FNO3S. The van der Waals surface area contributed by atoms with Crippen molar-refractivity contribution in [3.05, 3.63) is 34.1 Å². The smallest absolute Gasteiger partial charge is 0.314 e. The number of nitro groups is 1. The van der Waals surface area contributed by atoms with Crippen LogP contribution in [0.3, 0.4) is 0 Å². The average Bonchev–Trinajstić information content (AvgIpc) is 3.08. The van der Waals surface area contributed by atoms with Crippen LogP contribution in [0.1, 0.15) is 12.8 Å². The number of hydrogen-bond donors (Lipinski definition) is 1. The van der Waals surface area contributed by atoms with Gasteiger partial charge in [-0.1, -0.05) is 6.07 Å². The van der Waals surface area contributed by atoms with Crippen molar-refractivity contribution in [1.29, 1.82) is 0 Å². The van der Waals surface area contributed by atoms with Gasteiger partial charge in [0.05, 0.1) is 11.5 Å². The number of benzene rings is 1. The molecule has 1 aromatic rings. The lowest BCUT2D eigenvalue weighted by Gasteiger charge is -2.13. The lowest BCUT2D eigenvalue weighted by Crippen LogP contribution is -2.15. The van der Waals surface area contributed by atoms with Crippen molar-refractivity contribution in [3.8, 4) is 5.75 Å². The van der Waals surface area contributed by atoms with Crippen LogP contribution in [0.4, 0.5) is 10.1 Å². The quantitative estimate of drug-likeness (QED) is 0.501. The Kier molecular flexibility index (Phi) is 3.24. The number of halogens is 1. The van der Waals surface area contributed by atoms with Crippen molar-refractivity contribution in [1.82, 2.24) is 0 Å². The van der Waals surface area contributed by atoms with Crippen LogP contribution in [0.15, 0.2) is 18.2 Å². The van der Waals surface area contributed by atoms with Gasteiger partial charge in [-0.3, -0.25) is 10.1 Å². The maximum atomic E-state index is 13.5. The van der Waals surface area contributed by atoms with Crippen molar-refractivity contribution >= 4 is 18.3 Å². The summed E-state index contributed by atoms with van der Waals surface area (Å²) in [6.45, 7) is 0.276. The summed E-state index contributed by atoms with van der Waals surface area (Å²) in [5.41, 5.74) is -0.362. The molecule has 17 heavy (non-hydrogen) atoms. The second kappa shape index (κ2) is 4.52. The van der Waals surface area contributed by atoms with Crippen LogP contribution in [0.2, 0.25) is 0 Å². The third kappa shape index (κ3) is 2.52. The molecule has 0 spiro atoms. The van der Waals surface area contributed by atoms with E-state index in [1.807, 2.05) is 0 Å². The topological polar surface area (TPSA) is 52.4 Å². The van der Waals surface area contributed by atoms with Gasteiger partial charge < -0.3 is 4.74 Å². The van der Waals surface area contributed by atoms with E-state index in [0.29, 0.717) is 5.75 Å². The van der Waals surface area contributed by atoms with Crippen LogP contribution in [0.5, 0.6) is 5.75 Å². The summed E-state index contributed by atoms with van der Waals surface area (Å²) in [5, 5.41) is 10.7. The fourth-order valence-electron chi connectivity index (χ4n) is 1.53. The molecule has 1 aliphatic rings. The first-order valence-electron chi connectivity index (χ1n) is 5.24. The summed E-state index contributed by atoms with van der Waals surface area (Å²) >= 11 is 4.19. The molecular weight excluding hydrogens is 245 g/mol. The summed E-state index contributed by atoms with van der Waals surface area (Å²) in [6, 6.07) is 3.69. The van der Waals surface area contributed by atoms with Gasteiger partial charge in [0.25, 0.3) is 0 Å². The van der Waals surface area contributed by atoms with Gasteiger partial charge in [-0.15, -0.1) is 0 Å². The highest BCUT2D eigenvalue weighted by atomic mass is 32.1. The lowest BCUT2D eigenvalue weighted by atomic mass is 10.1. The van der Waals surface area contributed by atoms with E-state index >= 15 is 0 Å². The van der Waals surface area contributed by atoms with Crippen LogP contribution in [0.25, 0.3) is 0 Å². The molecule has 0 aromatic heterocycles. The normalized spacial score (nSPS) is 16.6. The second-order valence-corrected chi connectivity index (χ2v) is 4.61. The van der Waals surface area contributed by atoms with Gasteiger partial charge in [-0.05, 0) is 24.7 Å². The minimum Gasteiger partial charge on any atom is -0.484 e. The molecule has 0 radical (unpaired) electrons. The Morgan fingerprint density at radius 3 is 2.76 bits per heavy atom. The largest absolute Gasteiger partial charge is 0.484 e. The Hall–Kier alpha value is -1.30. The van der Waals surface area contributed by atoms with Crippen molar-refractivity contribution in [2.45, 2.75) is 12.8 Å². The molecule has 92 valence electrons. The number of ether oxygens (including phenoxy) is 1.